The Labute approximate surface area is 136 Å². The minimum atomic E-state index is -3.65. The number of sulfonamides is 1. The van der Waals surface area contributed by atoms with Crippen LogP contribution in [0, 0.1) is 0 Å². The topological polar surface area (TPSA) is 69.7 Å². The maximum Gasteiger partial charge on any atom is 0.317 e. The number of carbonyl (C=O) groups excluding carboxylic acids is 1. The van der Waals surface area contributed by atoms with Gasteiger partial charge < -0.3 is 10.2 Å². The summed E-state index contributed by atoms with van der Waals surface area (Å²) in [6.07, 6.45) is 0. The van der Waals surface area contributed by atoms with Gasteiger partial charge in [-0.2, -0.15) is 4.31 Å². The number of carbonyl (C=O) groups is 1. The first-order chi connectivity index (χ1) is 9.89. The summed E-state index contributed by atoms with van der Waals surface area (Å²) in [7, 11) is -3.65. The Hall–Kier alpha value is -0.830. The van der Waals surface area contributed by atoms with Gasteiger partial charge in [0, 0.05) is 30.7 Å². The molecule has 21 heavy (non-hydrogen) atoms. The SMILES string of the molecule is O=C1NCC2CN(S(=O)(=O)c3ccc(Br)cc3Cl)CCN12. The van der Waals surface area contributed by atoms with Crippen molar-refractivity contribution in [1.29, 1.82) is 0 Å². The molecule has 1 unspecified atom stereocenters. The van der Waals surface area contributed by atoms with E-state index >= 15 is 0 Å². The third-order valence-electron chi connectivity index (χ3n) is 3.71. The summed E-state index contributed by atoms with van der Waals surface area (Å²) in [6.45, 7) is 1.43. The third-order valence-corrected chi connectivity index (χ3v) is 6.55. The van der Waals surface area contributed by atoms with Gasteiger partial charge in [-0.15, -0.1) is 0 Å². The number of nitrogens with one attached hydrogen (secondary N) is 1. The van der Waals surface area contributed by atoms with E-state index in [1.807, 2.05) is 0 Å². The van der Waals surface area contributed by atoms with Gasteiger partial charge in [0.25, 0.3) is 0 Å². The second-order valence-electron chi connectivity index (χ2n) is 4.97. The molecule has 3 rings (SSSR count). The van der Waals surface area contributed by atoms with Gasteiger partial charge in [0.2, 0.25) is 10.0 Å². The van der Waals surface area contributed by atoms with E-state index in [0.29, 0.717) is 13.1 Å². The van der Waals surface area contributed by atoms with Crippen molar-refractivity contribution in [2.24, 2.45) is 0 Å². The molecule has 1 aromatic carbocycles. The van der Waals surface area contributed by atoms with Crippen LogP contribution in [-0.2, 0) is 10.0 Å². The van der Waals surface area contributed by atoms with Gasteiger partial charge in [0.1, 0.15) is 4.90 Å². The van der Waals surface area contributed by atoms with Crippen molar-refractivity contribution in [3.05, 3.63) is 27.7 Å². The summed E-state index contributed by atoms with van der Waals surface area (Å²) >= 11 is 9.31. The monoisotopic (exact) mass is 393 g/mol. The Morgan fingerprint density at radius 1 is 1.33 bits per heavy atom. The molecular weight excluding hydrogens is 382 g/mol. The lowest BCUT2D eigenvalue weighted by Crippen LogP contribution is -2.53. The van der Waals surface area contributed by atoms with Crippen LogP contribution in [0.5, 0.6) is 0 Å². The van der Waals surface area contributed by atoms with E-state index in [9.17, 15) is 13.2 Å². The highest BCUT2D eigenvalue weighted by Crippen LogP contribution is 2.29. The Kier molecular flexibility index (Phi) is 3.89. The molecule has 0 saturated carbocycles. The minimum absolute atomic E-state index is 0.0955. The number of fused-ring (bicyclic) bond motifs is 1. The van der Waals surface area contributed by atoms with E-state index in [2.05, 4.69) is 21.2 Å². The van der Waals surface area contributed by atoms with Crippen LogP contribution in [0.3, 0.4) is 0 Å². The summed E-state index contributed by atoms with van der Waals surface area (Å²) < 4.78 is 27.5. The molecule has 1 aromatic rings. The van der Waals surface area contributed by atoms with Crippen LogP contribution in [-0.4, -0.2) is 55.9 Å². The van der Waals surface area contributed by atoms with Gasteiger partial charge in [-0.1, -0.05) is 27.5 Å². The average Bonchev–Trinajstić information content (AvgIpc) is 2.79. The molecule has 6 nitrogen and oxygen atoms in total. The molecule has 114 valence electrons. The van der Waals surface area contributed by atoms with Crippen molar-refractivity contribution >= 4 is 43.6 Å². The Morgan fingerprint density at radius 2 is 2.10 bits per heavy atom. The molecule has 0 radical (unpaired) electrons. The fraction of sp³-hybridized carbons (Fsp3) is 0.417. The number of hydrogen-bond donors (Lipinski definition) is 1. The first-order valence-electron chi connectivity index (χ1n) is 6.39. The average molecular weight is 395 g/mol. The highest BCUT2D eigenvalue weighted by molar-refractivity contribution is 9.10. The summed E-state index contributed by atoms with van der Waals surface area (Å²) in [5.74, 6) is 0. The molecule has 2 amide bonds. The highest BCUT2D eigenvalue weighted by Gasteiger charge is 2.40. The molecule has 2 fully saturated rings. The molecule has 0 aromatic heterocycles. The highest BCUT2D eigenvalue weighted by atomic mass is 79.9. The fourth-order valence-electron chi connectivity index (χ4n) is 2.62. The lowest BCUT2D eigenvalue weighted by atomic mass is 10.2. The Balaban J connectivity index is 1.87. The van der Waals surface area contributed by atoms with Gasteiger partial charge in [-0.25, -0.2) is 13.2 Å². The number of rotatable bonds is 2. The summed E-state index contributed by atoms with van der Waals surface area (Å²) in [6, 6.07) is 4.46. The van der Waals surface area contributed by atoms with Crippen molar-refractivity contribution in [2.75, 3.05) is 26.2 Å². The third kappa shape index (κ3) is 2.65. The number of piperazine rings is 1. The smallest absolute Gasteiger partial charge is 0.317 e. The number of benzene rings is 1. The predicted molar refractivity (Wildman–Crippen MR) is 81.8 cm³/mol. The molecule has 0 aliphatic carbocycles. The number of nitrogens with zero attached hydrogens (tertiary/aromatic N) is 2. The zero-order chi connectivity index (χ0) is 15.2. The molecule has 2 aliphatic rings. The van der Waals surface area contributed by atoms with Crippen LogP contribution in [0.4, 0.5) is 4.79 Å². The molecule has 2 heterocycles. The molecule has 1 N–H and O–H groups in total. The molecule has 2 saturated heterocycles. The van der Waals surface area contributed by atoms with E-state index in [1.54, 1.807) is 17.0 Å². The van der Waals surface area contributed by atoms with Crippen molar-refractivity contribution in [3.63, 3.8) is 0 Å². The van der Waals surface area contributed by atoms with Gasteiger partial charge in [0.15, 0.2) is 0 Å². The maximum absolute atomic E-state index is 12.7. The van der Waals surface area contributed by atoms with Crippen LogP contribution in [0.15, 0.2) is 27.6 Å². The van der Waals surface area contributed by atoms with Gasteiger partial charge in [0.05, 0.1) is 11.1 Å². The standard InChI is InChI=1S/C12H13BrClN3O3S/c13-8-1-2-11(10(14)5-8)21(19,20)16-3-4-17-9(7-16)6-15-12(17)18/h1-2,5,9H,3-4,6-7H2,(H,15,18). The Morgan fingerprint density at radius 3 is 2.81 bits per heavy atom. The van der Waals surface area contributed by atoms with E-state index in [1.165, 1.54) is 10.4 Å². The normalized spacial score (nSPS) is 23.0. The van der Waals surface area contributed by atoms with Gasteiger partial charge >= 0.3 is 6.03 Å². The van der Waals surface area contributed by atoms with Crippen molar-refractivity contribution < 1.29 is 13.2 Å². The zero-order valence-corrected chi connectivity index (χ0v) is 14.1. The van der Waals surface area contributed by atoms with Crippen molar-refractivity contribution in [3.8, 4) is 0 Å². The minimum Gasteiger partial charge on any atom is -0.336 e. The van der Waals surface area contributed by atoms with E-state index < -0.39 is 10.0 Å². The summed E-state index contributed by atoms with van der Waals surface area (Å²) in [5.41, 5.74) is 0. The maximum atomic E-state index is 12.7. The van der Waals surface area contributed by atoms with Crippen LogP contribution in [0.1, 0.15) is 0 Å². The Bertz CT molecular complexity index is 697. The van der Waals surface area contributed by atoms with E-state index in [-0.39, 0.29) is 35.1 Å². The molecule has 1 atom stereocenters. The number of amides is 2. The van der Waals surface area contributed by atoms with Crippen LogP contribution < -0.4 is 5.32 Å². The molecule has 0 spiro atoms. The lowest BCUT2D eigenvalue weighted by molar-refractivity contribution is 0.164. The molecule has 0 bridgehead atoms. The summed E-state index contributed by atoms with van der Waals surface area (Å²) in [4.78, 5) is 13.3. The zero-order valence-electron chi connectivity index (χ0n) is 10.9. The number of halogens is 2. The number of hydrogen-bond acceptors (Lipinski definition) is 3. The lowest BCUT2D eigenvalue weighted by Gasteiger charge is -2.35. The van der Waals surface area contributed by atoms with E-state index in [0.717, 1.165) is 4.47 Å². The van der Waals surface area contributed by atoms with Crippen LogP contribution in [0.25, 0.3) is 0 Å². The second kappa shape index (κ2) is 5.42. The predicted octanol–water partition coefficient (Wildman–Crippen LogP) is 1.50. The summed E-state index contributed by atoms with van der Waals surface area (Å²) in [5, 5.41) is 2.91. The fourth-order valence-corrected chi connectivity index (χ4v) is 5.10. The van der Waals surface area contributed by atoms with Crippen molar-refractivity contribution in [2.45, 2.75) is 10.9 Å². The van der Waals surface area contributed by atoms with Crippen molar-refractivity contribution in [1.82, 2.24) is 14.5 Å². The van der Waals surface area contributed by atoms with Crippen LogP contribution >= 0.6 is 27.5 Å². The second-order valence-corrected chi connectivity index (χ2v) is 8.20. The first-order valence-corrected chi connectivity index (χ1v) is 9.00. The molecule has 2 aliphatic heterocycles. The van der Waals surface area contributed by atoms with E-state index in [4.69, 9.17) is 11.6 Å². The largest absolute Gasteiger partial charge is 0.336 e. The van der Waals surface area contributed by atoms with Gasteiger partial charge in [-0.3, -0.25) is 0 Å². The molecular formula is C12H13BrClN3O3S. The van der Waals surface area contributed by atoms with Gasteiger partial charge in [-0.05, 0) is 18.2 Å². The quantitative estimate of drug-likeness (QED) is 0.826. The molecule has 9 heteroatoms. The van der Waals surface area contributed by atoms with Crippen LogP contribution in [0.2, 0.25) is 5.02 Å². The number of urea groups is 1. The first kappa shape index (κ1) is 15.1.